The number of aromatic nitrogens is 1. The van der Waals surface area contributed by atoms with Gasteiger partial charge in [0.2, 0.25) is 5.91 Å². The smallest absolute Gasteiger partial charge is 0.354 e. The fourth-order valence-electron chi connectivity index (χ4n) is 4.05. The Morgan fingerprint density at radius 2 is 1.82 bits per heavy atom. The van der Waals surface area contributed by atoms with Gasteiger partial charge in [-0.05, 0) is 61.7 Å². The third kappa shape index (κ3) is 5.22. The Balaban J connectivity index is 1.33. The Bertz CT molecular complexity index is 1160. The van der Waals surface area contributed by atoms with Crippen LogP contribution in [-0.2, 0) is 16.1 Å². The van der Waals surface area contributed by atoms with Gasteiger partial charge in [-0.2, -0.15) is 0 Å². The Morgan fingerprint density at radius 3 is 2.52 bits per heavy atom. The summed E-state index contributed by atoms with van der Waals surface area (Å²) in [5.41, 5.74) is 2.48. The molecule has 4 rings (SSSR count). The predicted molar refractivity (Wildman–Crippen MR) is 121 cm³/mol. The number of amides is 2. The van der Waals surface area contributed by atoms with Gasteiger partial charge < -0.3 is 19.9 Å². The number of fused-ring (bicyclic) bond motifs is 1. The minimum absolute atomic E-state index is 0.0494. The van der Waals surface area contributed by atoms with Crippen LogP contribution < -0.4 is 5.32 Å². The molecule has 8 heteroatoms. The molecular weight excluding hydrogens is 425 g/mol. The fraction of sp³-hybridized carbons (Fsp3) is 0.320. The van der Waals surface area contributed by atoms with Gasteiger partial charge in [0, 0.05) is 42.0 Å². The van der Waals surface area contributed by atoms with Gasteiger partial charge in [-0.3, -0.25) is 9.59 Å². The van der Waals surface area contributed by atoms with Crippen LogP contribution in [0, 0.1) is 11.7 Å². The van der Waals surface area contributed by atoms with E-state index in [4.69, 9.17) is 4.74 Å². The number of aromatic amines is 1. The van der Waals surface area contributed by atoms with Crippen LogP contribution >= 0.6 is 0 Å². The lowest BCUT2D eigenvalue weighted by Gasteiger charge is -2.31. The van der Waals surface area contributed by atoms with Gasteiger partial charge in [0.1, 0.15) is 11.5 Å². The molecule has 7 nitrogen and oxygen atoms in total. The second kappa shape index (κ2) is 9.85. The van der Waals surface area contributed by atoms with Gasteiger partial charge >= 0.3 is 5.97 Å². The number of H-pyrrole nitrogens is 1. The zero-order valence-corrected chi connectivity index (χ0v) is 18.4. The first kappa shape index (κ1) is 22.5. The lowest BCUT2D eigenvalue weighted by atomic mass is 9.95. The second-order valence-corrected chi connectivity index (χ2v) is 8.12. The molecule has 0 saturated carbocycles. The van der Waals surface area contributed by atoms with Crippen molar-refractivity contribution in [2.45, 2.75) is 26.3 Å². The molecule has 1 fully saturated rings. The lowest BCUT2D eigenvalue weighted by molar-refractivity contribution is -0.126. The van der Waals surface area contributed by atoms with E-state index in [0.717, 1.165) is 16.5 Å². The number of halogens is 1. The van der Waals surface area contributed by atoms with Gasteiger partial charge in [0.15, 0.2) is 0 Å². The van der Waals surface area contributed by atoms with Crippen molar-refractivity contribution in [2.75, 3.05) is 19.7 Å². The average molecular weight is 451 g/mol. The van der Waals surface area contributed by atoms with Crippen LogP contribution in [0.2, 0.25) is 0 Å². The number of piperidine rings is 1. The largest absolute Gasteiger partial charge is 0.461 e. The lowest BCUT2D eigenvalue weighted by Crippen LogP contribution is -2.42. The summed E-state index contributed by atoms with van der Waals surface area (Å²) in [6.07, 6.45) is 1.17. The van der Waals surface area contributed by atoms with Gasteiger partial charge in [-0.1, -0.05) is 12.1 Å². The van der Waals surface area contributed by atoms with Gasteiger partial charge in [0.05, 0.1) is 6.61 Å². The van der Waals surface area contributed by atoms with E-state index >= 15 is 0 Å². The maximum Gasteiger partial charge on any atom is 0.354 e. The van der Waals surface area contributed by atoms with Crippen LogP contribution in [0.4, 0.5) is 4.39 Å². The summed E-state index contributed by atoms with van der Waals surface area (Å²) in [5, 5.41) is 3.66. The first-order chi connectivity index (χ1) is 15.9. The first-order valence-electron chi connectivity index (χ1n) is 11.1. The molecule has 2 amide bonds. The molecule has 1 aromatic heterocycles. The number of carbonyl (C=O) groups is 3. The molecular formula is C25H26FN3O4. The average Bonchev–Trinajstić information content (AvgIpc) is 3.27. The molecule has 0 radical (unpaired) electrons. The zero-order valence-electron chi connectivity index (χ0n) is 18.4. The minimum atomic E-state index is -0.429. The quantitative estimate of drug-likeness (QED) is 0.560. The Labute approximate surface area is 190 Å². The third-order valence-electron chi connectivity index (χ3n) is 5.90. The molecule has 0 bridgehead atoms. The van der Waals surface area contributed by atoms with Crippen LogP contribution in [-0.4, -0.2) is 47.4 Å². The van der Waals surface area contributed by atoms with Crippen molar-refractivity contribution >= 4 is 28.7 Å². The van der Waals surface area contributed by atoms with Crippen LogP contribution in [0.3, 0.4) is 0 Å². The summed E-state index contributed by atoms with van der Waals surface area (Å²) in [4.78, 5) is 42.2. The summed E-state index contributed by atoms with van der Waals surface area (Å²) in [5.74, 6) is -1.04. The van der Waals surface area contributed by atoms with E-state index in [1.807, 2.05) is 0 Å². The fourth-order valence-corrected chi connectivity index (χ4v) is 4.05. The maximum absolute atomic E-state index is 13.0. The monoisotopic (exact) mass is 451 g/mol. The van der Waals surface area contributed by atoms with Crippen molar-refractivity contribution in [1.82, 2.24) is 15.2 Å². The molecule has 1 aliphatic heterocycles. The topological polar surface area (TPSA) is 91.5 Å². The summed E-state index contributed by atoms with van der Waals surface area (Å²) >= 11 is 0. The SMILES string of the molecule is CCOC(=O)c1cc2cc(C(=O)N3CCC(C(=O)NCc4ccc(F)cc4)CC3)ccc2[nH]1. The van der Waals surface area contributed by atoms with Crippen molar-refractivity contribution in [3.05, 3.63) is 71.2 Å². The molecule has 3 aromatic rings. The molecule has 0 aliphatic carbocycles. The number of hydrogen-bond donors (Lipinski definition) is 2. The molecule has 0 spiro atoms. The Hall–Kier alpha value is -3.68. The third-order valence-corrected chi connectivity index (χ3v) is 5.90. The number of hydrogen-bond acceptors (Lipinski definition) is 4. The number of rotatable bonds is 6. The number of benzene rings is 2. The summed E-state index contributed by atoms with van der Waals surface area (Å²) in [6, 6.07) is 13.0. The van der Waals surface area contributed by atoms with Gasteiger partial charge in [0.25, 0.3) is 5.91 Å². The summed E-state index contributed by atoms with van der Waals surface area (Å²) < 4.78 is 18.0. The minimum Gasteiger partial charge on any atom is -0.461 e. The van der Waals surface area contributed by atoms with E-state index in [-0.39, 0.29) is 30.2 Å². The highest BCUT2D eigenvalue weighted by Gasteiger charge is 2.28. The van der Waals surface area contributed by atoms with Gasteiger partial charge in [-0.25, -0.2) is 9.18 Å². The molecule has 0 atom stereocenters. The molecule has 1 saturated heterocycles. The summed E-state index contributed by atoms with van der Waals surface area (Å²) in [7, 11) is 0. The highest BCUT2D eigenvalue weighted by Crippen LogP contribution is 2.22. The first-order valence-corrected chi connectivity index (χ1v) is 11.1. The highest BCUT2D eigenvalue weighted by atomic mass is 19.1. The van der Waals surface area contributed by atoms with Crippen molar-refractivity contribution < 1.29 is 23.5 Å². The molecule has 2 heterocycles. The van der Waals surface area contributed by atoms with Crippen molar-refractivity contribution in [3.8, 4) is 0 Å². The molecule has 2 aromatic carbocycles. The van der Waals surface area contributed by atoms with E-state index in [2.05, 4.69) is 10.3 Å². The molecule has 0 unspecified atom stereocenters. The standard InChI is InChI=1S/C25H26FN3O4/c1-2-33-25(32)22-14-19-13-18(5-8-21(19)28-22)24(31)29-11-9-17(10-12-29)23(30)27-15-16-3-6-20(26)7-4-16/h3-8,13-14,17,28H,2,9-12,15H2,1H3,(H,27,30). The van der Waals surface area contributed by atoms with Crippen LogP contribution in [0.25, 0.3) is 10.9 Å². The zero-order chi connectivity index (χ0) is 23.4. The van der Waals surface area contributed by atoms with E-state index < -0.39 is 5.97 Å². The molecule has 172 valence electrons. The predicted octanol–water partition coefficient (Wildman–Crippen LogP) is 3.65. The van der Waals surface area contributed by atoms with Crippen molar-refractivity contribution in [3.63, 3.8) is 0 Å². The van der Waals surface area contributed by atoms with Crippen LogP contribution in [0.5, 0.6) is 0 Å². The Kier molecular flexibility index (Phi) is 6.72. The van der Waals surface area contributed by atoms with Crippen molar-refractivity contribution in [2.24, 2.45) is 5.92 Å². The Morgan fingerprint density at radius 1 is 1.09 bits per heavy atom. The van der Waals surface area contributed by atoms with E-state index in [1.54, 1.807) is 48.2 Å². The normalized spacial score (nSPS) is 14.3. The van der Waals surface area contributed by atoms with E-state index in [9.17, 15) is 18.8 Å². The number of ether oxygens (including phenoxy) is 1. The number of esters is 1. The number of nitrogens with one attached hydrogen (secondary N) is 2. The van der Waals surface area contributed by atoms with Crippen LogP contribution in [0.15, 0.2) is 48.5 Å². The number of nitrogens with zero attached hydrogens (tertiary/aromatic N) is 1. The number of likely N-dealkylation sites (tertiary alicyclic amines) is 1. The van der Waals surface area contributed by atoms with E-state index in [0.29, 0.717) is 43.7 Å². The van der Waals surface area contributed by atoms with Gasteiger partial charge in [-0.15, -0.1) is 0 Å². The second-order valence-electron chi connectivity index (χ2n) is 8.12. The maximum atomic E-state index is 13.0. The van der Waals surface area contributed by atoms with Crippen LogP contribution in [0.1, 0.15) is 46.2 Å². The van der Waals surface area contributed by atoms with Crippen molar-refractivity contribution in [1.29, 1.82) is 0 Å². The molecule has 33 heavy (non-hydrogen) atoms. The number of carbonyl (C=O) groups excluding carboxylic acids is 3. The molecule has 2 N–H and O–H groups in total. The highest BCUT2D eigenvalue weighted by molar-refractivity contribution is 6.00. The molecule has 1 aliphatic rings. The van der Waals surface area contributed by atoms with E-state index in [1.165, 1.54) is 12.1 Å². The summed E-state index contributed by atoms with van der Waals surface area (Å²) in [6.45, 7) is 3.37.